The molecule has 0 aromatic heterocycles. The van der Waals surface area contributed by atoms with E-state index in [-0.39, 0.29) is 24.4 Å². The number of ether oxygens (including phenoxy) is 1. The summed E-state index contributed by atoms with van der Waals surface area (Å²) in [7, 11) is 0. The molecule has 19 heavy (non-hydrogen) atoms. The smallest absolute Gasteiger partial charge is 0.387 e. The zero-order chi connectivity index (χ0) is 14.3. The van der Waals surface area contributed by atoms with Gasteiger partial charge in [-0.15, -0.1) is 0 Å². The number of hydrogen-bond donors (Lipinski definition) is 3. The van der Waals surface area contributed by atoms with Crippen molar-refractivity contribution < 1.29 is 28.2 Å². The fourth-order valence-corrected chi connectivity index (χ4v) is 1.22. The average Bonchev–Trinajstić information content (AvgIpc) is 2.30. The molecule has 0 radical (unpaired) electrons. The molecule has 0 saturated heterocycles. The molecule has 1 rings (SSSR count). The first-order valence-corrected chi connectivity index (χ1v) is 5.29. The highest BCUT2D eigenvalue weighted by Gasteiger charge is 2.11. The van der Waals surface area contributed by atoms with Crippen molar-refractivity contribution in [3.05, 3.63) is 24.3 Å². The van der Waals surface area contributed by atoms with E-state index in [1.807, 2.05) is 0 Å². The summed E-state index contributed by atoms with van der Waals surface area (Å²) in [4.78, 5) is 21.6. The van der Waals surface area contributed by atoms with Crippen LogP contribution in [0.25, 0.3) is 0 Å². The van der Waals surface area contributed by atoms with Crippen LogP contribution in [0.5, 0.6) is 5.75 Å². The van der Waals surface area contributed by atoms with Crippen LogP contribution in [-0.4, -0.2) is 30.3 Å². The van der Waals surface area contributed by atoms with Gasteiger partial charge in [0.25, 0.3) is 0 Å². The number of carboxylic acid groups (broad SMARTS) is 1. The Morgan fingerprint density at radius 2 is 2.00 bits per heavy atom. The van der Waals surface area contributed by atoms with Crippen LogP contribution < -0.4 is 15.4 Å². The maximum atomic E-state index is 12.1. The SMILES string of the molecule is O=C(O)CCNC(=O)Nc1ccccc1OC(F)F. The van der Waals surface area contributed by atoms with Crippen molar-refractivity contribution in [1.82, 2.24) is 5.32 Å². The Kier molecular flexibility index (Phi) is 5.52. The van der Waals surface area contributed by atoms with Gasteiger partial charge in [0.1, 0.15) is 5.75 Å². The molecule has 0 atom stereocenters. The first kappa shape index (κ1) is 14.7. The lowest BCUT2D eigenvalue weighted by atomic mass is 10.3. The molecule has 0 aliphatic heterocycles. The first-order chi connectivity index (χ1) is 8.99. The Labute approximate surface area is 107 Å². The minimum atomic E-state index is -3.00. The number of halogens is 2. The Hall–Kier alpha value is -2.38. The molecule has 0 fully saturated rings. The molecular weight excluding hydrogens is 262 g/mol. The van der Waals surface area contributed by atoms with Crippen LogP contribution in [0, 0.1) is 0 Å². The summed E-state index contributed by atoms with van der Waals surface area (Å²) in [6.07, 6.45) is -0.234. The van der Waals surface area contributed by atoms with Gasteiger partial charge >= 0.3 is 18.6 Å². The summed E-state index contributed by atoms with van der Waals surface area (Å²) in [5.74, 6) is -1.23. The number of hydrogen-bond acceptors (Lipinski definition) is 3. The molecule has 1 aromatic rings. The van der Waals surface area contributed by atoms with E-state index in [1.54, 1.807) is 0 Å². The van der Waals surface area contributed by atoms with E-state index < -0.39 is 18.6 Å². The second kappa shape index (κ2) is 7.14. The van der Waals surface area contributed by atoms with Gasteiger partial charge in [-0.2, -0.15) is 8.78 Å². The van der Waals surface area contributed by atoms with Crippen LogP contribution in [0.4, 0.5) is 19.3 Å². The Morgan fingerprint density at radius 1 is 1.32 bits per heavy atom. The Morgan fingerprint density at radius 3 is 2.63 bits per heavy atom. The van der Waals surface area contributed by atoms with Crippen LogP contribution in [0.2, 0.25) is 0 Å². The summed E-state index contributed by atoms with van der Waals surface area (Å²) >= 11 is 0. The molecule has 6 nitrogen and oxygen atoms in total. The van der Waals surface area contributed by atoms with Crippen molar-refractivity contribution in [3.8, 4) is 5.75 Å². The largest absolute Gasteiger partial charge is 0.481 e. The van der Waals surface area contributed by atoms with Gasteiger partial charge in [0.05, 0.1) is 12.1 Å². The molecule has 0 heterocycles. The molecule has 0 saturated carbocycles. The lowest BCUT2D eigenvalue weighted by Crippen LogP contribution is -2.30. The quantitative estimate of drug-likeness (QED) is 0.739. The predicted molar refractivity (Wildman–Crippen MR) is 62.3 cm³/mol. The summed E-state index contributed by atoms with van der Waals surface area (Å²) in [5.41, 5.74) is 0.0654. The van der Waals surface area contributed by atoms with E-state index in [4.69, 9.17) is 5.11 Å². The fourth-order valence-electron chi connectivity index (χ4n) is 1.22. The highest BCUT2D eigenvalue weighted by molar-refractivity contribution is 5.91. The van der Waals surface area contributed by atoms with Gasteiger partial charge in [0.15, 0.2) is 0 Å². The zero-order valence-corrected chi connectivity index (χ0v) is 9.73. The topological polar surface area (TPSA) is 87.7 Å². The van der Waals surface area contributed by atoms with Crippen LogP contribution in [0.1, 0.15) is 6.42 Å². The minimum absolute atomic E-state index is 0.0654. The number of carbonyl (C=O) groups excluding carboxylic acids is 1. The summed E-state index contributed by atoms with van der Waals surface area (Å²) in [6.45, 7) is -3.07. The van der Waals surface area contributed by atoms with Crippen molar-refractivity contribution in [1.29, 1.82) is 0 Å². The molecule has 0 spiro atoms. The molecule has 1 aromatic carbocycles. The minimum Gasteiger partial charge on any atom is -0.481 e. The Balaban J connectivity index is 2.56. The van der Waals surface area contributed by atoms with Crippen LogP contribution in [0.3, 0.4) is 0 Å². The van der Waals surface area contributed by atoms with Crippen molar-refractivity contribution in [2.45, 2.75) is 13.0 Å². The highest BCUT2D eigenvalue weighted by Crippen LogP contribution is 2.25. The molecule has 0 bridgehead atoms. The van der Waals surface area contributed by atoms with Crippen molar-refractivity contribution in [2.24, 2.45) is 0 Å². The van der Waals surface area contributed by atoms with Gasteiger partial charge < -0.3 is 20.5 Å². The zero-order valence-electron chi connectivity index (χ0n) is 9.73. The molecule has 3 N–H and O–H groups in total. The van der Waals surface area contributed by atoms with Crippen LogP contribution in [0.15, 0.2) is 24.3 Å². The average molecular weight is 274 g/mol. The summed E-state index contributed by atoms with van der Waals surface area (Å²) < 4.78 is 28.4. The third-order valence-corrected chi connectivity index (χ3v) is 1.98. The van der Waals surface area contributed by atoms with E-state index in [2.05, 4.69) is 15.4 Å². The summed E-state index contributed by atoms with van der Waals surface area (Å²) in [6, 6.07) is 4.97. The Bertz CT molecular complexity index is 454. The van der Waals surface area contributed by atoms with E-state index in [0.29, 0.717) is 0 Å². The highest BCUT2D eigenvalue weighted by atomic mass is 19.3. The molecule has 0 aliphatic rings. The van der Waals surface area contributed by atoms with E-state index in [0.717, 1.165) is 0 Å². The number of para-hydroxylation sites is 2. The van der Waals surface area contributed by atoms with Gasteiger partial charge in [0.2, 0.25) is 0 Å². The van der Waals surface area contributed by atoms with Gasteiger partial charge in [-0.25, -0.2) is 4.79 Å². The number of rotatable bonds is 6. The van der Waals surface area contributed by atoms with E-state index >= 15 is 0 Å². The van der Waals surface area contributed by atoms with Gasteiger partial charge in [-0.3, -0.25) is 4.79 Å². The maximum Gasteiger partial charge on any atom is 0.387 e. The number of nitrogens with one attached hydrogen (secondary N) is 2. The molecule has 104 valence electrons. The predicted octanol–water partition coefficient (Wildman–Crippen LogP) is 1.88. The number of benzene rings is 1. The lowest BCUT2D eigenvalue weighted by molar-refractivity contribution is -0.136. The molecule has 8 heteroatoms. The number of urea groups is 1. The molecule has 0 aliphatic carbocycles. The second-order valence-electron chi connectivity index (χ2n) is 3.40. The number of anilines is 1. The number of amides is 2. The lowest BCUT2D eigenvalue weighted by Gasteiger charge is -2.11. The molecule has 2 amide bonds. The summed E-state index contributed by atoms with van der Waals surface area (Å²) in [5, 5.41) is 12.9. The number of aliphatic carboxylic acids is 1. The monoisotopic (exact) mass is 274 g/mol. The molecular formula is C11H12F2N2O4. The third-order valence-electron chi connectivity index (χ3n) is 1.98. The van der Waals surface area contributed by atoms with Crippen LogP contribution in [-0.2, 0) is 4.79 Å². The van der Waals surface area contributed by atoms with E-state index in [9.17, 15) is 18.4 Å². The van der Waals surface area contributed by atoms with Crippen molar-refractivity contribution in [2.75, 3.05) is 11.9 Å². The third kappa shape index (κ3) is 5.66. The van der Waals surface area contributed by atoms with Crippen LogP contribution >= 0.6 is 0 Å². The maximum absolute atomic E-state index is 12.1. The second-order valence-corrected chi connectivity index (χ2v) is 3.40. The van der Waals surface area contributed by atoms with Crippen molar-refractivity contribution >= 4 is 17.7 Å². The van der Waals surface area contributed by atoms with Gasteiger partial charge in [-0.05, 0) is 12.1 Å². The first-order valence-electron chi connectivity index (χ1n) is 5.29. The molecule has 0 unspecified atom stereocenters. The van der Waals surface area contributed by atoms with Gasteiger partial charge in [0, 0.05) is 6.54 Å². The normalized spacial score (nSPS) is 10.1. The van der Waals surface area contributed by atoms with Crippen molar-refractivity contribution in [3.63, 3.8) is 0 Å². The van der Waals surface area contributed by atoms with Gasteiger partial charge in [-0.1, -0.05) is 12.1 Å². The van der Waals surface area contributed by atoms with E-state index in [1.165, 1.54) is 24.3 Å². The standard InChI is InChI=1S/C11H12F2N2O4/c12-10(13)19-8-4-2-1-3-7(8)15-11(18)14-6-5-9(16)17/h1-4,10H,5-6H2,(H,16,17)(H2,14,15,18). The number of carboxylic acids is 1. The fraction of sp³-hybridized carbons (Fsp3) is 0.273. The number of alkyl halides is 2. The number of carbonyl (C=O) groups is 2.